The van der Waals surface area contributed by atoms with E-state index in [0.29, 0.717) is 11.0 Å². The minimum atomic E-state index is -4.29. The monoisotopic (exact) mass is 268 g/mol. The average Bonchev–Trinajstić information content (AvgIpc) is 2.47. The van der Waals surface area contributed by atoms with Crippen molar-refractivity contribution in [2.24, 2.45) is 0 Å². The number of fused-ring (bicyclic) bond motifs is 1. The number of hydrogen-bond donors (Lipinski definition) is 0. The third-order valence-corrected chi connectivity index (χ3v) is 2.73. The SMILES string of the molecule is FC(F)(F)Cn1cnc2cc(Cl)c(Cl)cc21. The number of halogens is 5. The second-order valence-corrected chi connectivity index (χ2v) is 4.06. The third kappa shape index (κ3) is 2.25. The van der Waals surface area contributed by atoms with E-state index >= 15 is 0 Å². The second kappa shape index (κ2) is 3.82. The molecular weight excluding hydrogens is 264 g/mol. The van der Waals surface area contributed by atoms with Crippen molar-refractivity contribution in [2.45, 2.75) is 12.7 Å². The van der Waals surface area contributed by atoms with E-state index in [1.54, 1.807) is 0 Å². The van der Waals surface area contributed by atoms with Gasteiger partial charge in [-0.25, -0.2) is 4.98 Å². The predicted octanol–water partition coefficient (Wildman–Crippen LogP) is 3.91. The summed E-state index contributed by atoms with van der Waals surface area (Å²) in [4.78, 5) is 3.82. The van der Waals surface area contributed by atoms with Gasteiger partial charge in [-0.15, -0.1) is 0 Å². The predicted molar refractivity (Wildman–Crippen MR) is 55.8 cm³/mol. The van der Waals surface area contributed by atoms with Crippen LogP contribution in [0.1, 0.15) is 0 Å². The highest BCUT2D eigenvalue weighted by Gasteiger charge is 2.28. The van der Waals surface area contributed by atoms with Crippen LogP contribution in [0.3, 0.4) is 0 Å². The van der Waals surface area contributed by atoms with Gasteiger partial charge in [0, 0.05) is 0 Å². The molecule has 0 saturated carbocycles. The molecule has 1 heterocycles. The smallest absolute Gasteiger partial charge is 0.321 e. The Morgan fingerprint density at radius 3 is 2.44 bits per heavy atom. The van der Waals surface area contributed by atoms with Crippen molar-refractivity contribution in [3.05, 3.63) is 28.5 Å². The van der Waals surface area contributed by atoms with Gasteiger partial charge in [0.1, 0.15) is 6.54 Å². The highest BCUT2D eigenvalue weighted by atomic mass is 35.5. The van der Waals surface area contributed by atoms with E-state index in [4.69, 9.17) is 23.2 Å². The molecule has 0 aliphatic heterocycles. The molecule has 0 radical (unpaired) electrons. The van der Waals surface area contributed by atoms with Crippen LogP contribution in [0.15, 0.2) is 18.5 Å². The first-order chi connectivity index (χ1) is 7.37. The van der Waals surface area contributed by atoms with Crippen LogP contribution < -0.4 is 0 Å². The highest BCUT2D eigenvalue weighted by molar-refractivity contribution is 6.42. The summed E-state index contributed by atoms with van der Waals surface area (Å²) in [6, 6.07) is 2.81. The second-order valence-electron chi connectivity index (χ2n) is 3.24. The Morgan fingerprint density at radius 1 is 1.19 bits per heavy atom. The fourth-order valence-corrected chi connectivity index (χ4v) is 1.69. The summed E-state index contributed by atoms with van der Waals surface area (Å²) in [7, 11) is 0. The van der Waals surface area contributed by atoms with Crippen LogP contribution in [0, 0.1) is 0 Å². The summed E-state index contributed by atoms with van der Waals surface area (Å²) < 4.78 is 37.6. The maximum absolute atomic E-state index is 12.2. The number of imidazole rings is 1. The van der Waals surface area contributed by atoms with Crippen LogP contribution in [0.25, 0.3) is 11.0 Å². The van der Waals surface area contributed by atoms with E-state index in [0.717, 1.165) is 10.9 Å². The van der Waals surface area contributed by atoms with Crippen molar-refractivity contribution in [1.82, 2.24) is 9.55 Å². The van der Waals surface area contributed by atoms with Crippen molar-refractivity contribution >= 4 is 34.2 Å². The van der Waals surface area contributed by atoms with Gasteiger partial charge < -0.3 is 4.57 Å². The molecule has 0 spiro atoms. The molecule has 0 aliphatic carbocycles. The molecule has 0 N–H and O–H groups in total. The summed E-state index contributed by atoms with van der Waals surface area (Å²) >= 11 is 11.5. The summed E-state index contributed by atoms with van der Waals surface area (Å²) in [5.74, 6) is 0. The molecule has 2 aromatic rings. The van der Waals surface area contributed by atoms with Gasteiger partial charge in [-0.1, -0.05) is 23.2 Å². The minimum Gasteiger partial charge on any atom is -0.321 e. The molecule has 0 atom stereocenters. The Morgan fingerprint density at radius 2 is 1.81 bits per heavy atom. The van der Waals surface area contributed by atoms with Crippen molar-refractivity contribution in [2.75, 3.05) is 0 Å². The van der Waals surface area contributed by atoms with Crippen LogP contribution in [0.5, 0.6) is 0 Å². The molecule has 1 aromatic heterocycles. The average molecular weight is 269 g/mol. The first kappa shape index (κ1) is 11.5. The van der Waals surface area contributed by atoms with Crippen LogP contribution in [-0.4, -0.2) is 15.7 Å². The van der Waals surface area contributed by atoms with Gasteiger partial charge in [0.25, 0.3) is 0 Å². The number of aromatic nitrogens is 2. The van der Waals surface area contributed by atoms with Crippen LogP contribution in [0.4, 0.5) is 13.2 Å². The summed E-state index contributed by atoms with van der Waals surface area (Å²) in [6.07, 6.45) is -3.18. The Bertz CT molecular complexity index is 533. The largest absolute Gasteiger partial charge is 0.406 e. The topological polar surface area (TPSA) is 17.8 Å². The fraction of sp³-hybridized carbons (Fsp3) is 0.222. The molecular formula is C9H5Cl2F3N2. The fourth-order valence-electron chi connectivity index (χ4n) is 1.37. The number of nitrogens with zero attached hydrogens (tertiary/aromatic N) is 2. The molecule has 0 aliphatic rings. The molecule has 2 rings (SSSR count). The molecule has 0 fully saturated rings. The Hall–Kier alpha value is -0.940. The van der Waals surface area contributed by atoms with Crippen LogP contribution >= 0.6 is 23.2 Å². The maximum Gasteiger partial charge on any atom is 0.406 e. The number of benzene rings is 1. The Labute approximate surface area is 98.6 Å². The lowest BCUT2D eigenvalue weighted by molar-refractivity contribution is -0.139. The lowest BCUT2D eigenvalue weighted by atomic mass is 10.3. The molecule has 0 saturated heterocycles. The van der Waals surface area contributed by atoms with Gasteiger partial charge in [-0.2, -0.15) is 13.2 Å². The Kier molecular flexibility index (Phi) is 2.75. The maximum atomic E-state index is 12.2. The highest BCUT2D eigenvalue weighted by Crippen LogP contribution is 2.28. The zero-order valence-corrected chi connectivity index (χ0v) is 9.24. The molecule has 2 nitrogen and oxygen atoms in total. The van der Waals surface area contributed by atoms with Crippen molar-refractivity contribution in [1.29, 1.82) is 0 Å². The van der Waals surface area contributed by atoms with E-state index < -0.39 is 12.7 Å². The minimum absolute atomic E-state index is 0.207. The normalized spacial score (nSPS) is 12.3. The lowest BCUT2D eigenvalue weighted by Gasteiger charge is -2.08. The van der Waals surface area contributed by atoms with Crippen molar-refractivity contribution < 1.29 is 13.2 Å². The van der Waals surface area contributed by atoms with Gasteiger partial charge in [0.15, 0.2) is 0 Å². The van der Waals surface area contributed by atoms with Crippen LogP contribution in [0.2, 0.25) is 10.0 Å². The van der Waals surface area contributed by atoms with Gasteiger partial charge >= 0.3 is 6.18 Å². The molecule has 86 valence electrons. The molecule has 7 heteroatoms. The third-order valence-electron chi connectivity index (χ3n) is 2.01. The van der Waals surface area contributed by atoms with E-state index in [-0.39, 0.29) is 10.0 Å². The first-order valence-corrected chi connectivity index (χ1v) is 4.99. The van der Waals surface area contributed by atoms with Gasteiger partial charge in [0.2, 0.25) is 0 Å². The van der Waals surface area contributed by atoms with Gasteiger partial charge in [-0.3, -0.25) is 0 Å². The number of rotatable bonds is 1. The summed E-state index contributed by atoms with van der Waals surface area (Å²) in [5.41, 5.74) is 0.699. The molecule has 0 bridgehead atoms. The molecule has 0 unspecified atom stereocenters. The standard InChI is InChI=1S/C9H5Cl2F3N2/c10-5-1-7-8(2-6(5)11)16(4-15-7)3-9(12,13)14/h1-2,4H,3H2. The van der Waals surface area contributed by atoms with E-state index in [1.807, 2.05) is 0 Å². The van der Waals surface area contributed by atoms with Gasteiger partial charge in [-0.05, 0) is 12.1 Å². The molecule has 1 aromatic carbocycles. The Balaban J connectivity index is 2.52. The quantitative estimate of drug-likeness (QED) is 0.767. The van der Waals surface area contributed by atoms with Gasteiger partial charge in [0.05, 0.1) is 27.4 Å². The number of alkyl halides is 3. The summed E-state index contributed by atoms with van der Waals surface area (Å²) in [6.45, 7) is -1.10. The molecule has 16 heavy (non-hydrogen) atoms. The van der Waals surface area contributed by atoms with Crippen LogP contribution in [-0.2, 0) is 6.54 Å². The van der Waals surface area contributed by atoms with Crippen molar-refractivity contribution in [3.63, 3.8) is 0 Å². The zero-order valence-electron chi connectivity index (χ0n) is 7.72. The van der Waals surface area contributed by atoms with E-state index in [1.165, 1.54) is 12.1 Å². The van der Waals surface area contributed by atoms with E-state index in [9.17, 15) is 13.2 Å². The first-order valence-electron chi connectivity index (χ1n) is 4.23. The number of hydrogen-bond acceptors (Lipinski definition) is 1. The molecule has 0 amide bonds. The lowest BCUT2D eigenvalue weighted by Crippen LogP contribution is -2.16. The van der Waals surface area contributed by atoms with Crippen molar-refractivity contribution in [3.8, 4) is 0 Å². The zero-order chi connectivity index (χ0) is 11.9. The van der Waals surface area contributed by atoms with E-state index in [2.05, 4.69) is 4.98 Å². The summed E-state index contributed by atoms with van der Waals surface area (Å²) in [5, 5.41) is 0.476.